The van der Waals surface area contributed by atoms with Crippen molar-refractivity contribution in [2.75, 3.05) is 0 Å². The highest BCUT2D eigenvalue weighted by atomic mass is 16.3. The van der Waals surface area contributed by atoms with E-state index in [4.69, 9.17) is 0 Å². The molecule has 0 aromatic carbocycles. The summed E-state index contributed by atoms with van der Waals surface area (Å²) in [6, 6.07) is 0. The van der Waals surface area contributed by atoms with Crippen molar-refractivity contribution in [3.63, 3.8) is 0 Å². The summed E-state index contributed by atoms with van der Waals surface area (Å²) in [7, 11) is 0. The maximum absolute atomic E-state index is 9.43. The lowest BCUT2D eigenvalue weighted by atomic mass is 9.88. The first-order valence-corrected chi connectivity index (χ1v) is 5.29. The van der Waals surface area contributed by atoms with Gasteiger partial charge in [-0.3, -0.25) is 0 Å². The third-order valence-electron chi connectivity index (χ3n) is 2.69. The van der Waals surface area contributed by atoms with Crippen LogP contribution in [0.25, 0.3) is 0 Å². The predicted octanol–water partition coefficient (Wildman–Crippen LogP) is 3.22. The molecule has 0 spiro atoms. The van der Waals surface area contributed by atoms with Crippen molar-refractivity contribution < 1.29 is 5.11 Å². The lowest BCUT2D eigenvalue weighted by Crippen LogP contribution is -2.18. The van der Waals surface area contributed by atoms with Crippen molar-refractivity contribution in [3.8, 4) is 0 Å². The van der Waals surface area contributed by atoms with E-state index in [-0.39, 0.29) is 6.10 Å². The molecular formula is C11H24O. The van der Waals surface area contributed by atoms with Crippen LogP contribution in [0.1, 0.15) is 53.4 Å². The van der Waals surface area contributed by atoms with Crippen molar-refractivity contribution in [1.82, 2.24) is 0 Å². The lowest BCUT2D eigenvalue weighted by molar-refractivity contribution is 0.106. The summed E-state index contributed by atoms with van der Waals surface area (Å²) < 4.78 is 0. The van der Waals surface area contributed by atoms with Gasteiger partial charge in [0.2, 0.25) is 0 Å². The van der Waals surface area contributed by atoms with Crippen LogP contribution in [-0.4, -0.2) is 11.2 Å². The van der Waals surface area contributed by atoms with Crippen LogP contribution >= 0.6 is 0 Å². The molecule has 1 nitrogen and oxygen atoms in total. The van der Waals surface area contributed by atoms with E-state index in [1.165, 1.54) is 19.3 Å². The fraction of sp³-hybridized carbons (Fsp3) is 1.00. The van der Waals surface area contributed by atoms with E-state index in [9.17, 15) is 5.11 Å². The summed E-state index contributed by atoms with van der Waals surface area (Å²) in [4.78, 5) is 0. The van der Waals surface area contributed by atoms with Gasteiger partial charge in [0.25, 0.3) is 0 Å². The Bertz CT molecular complexity index is 99.2. The Kier molecular flexibility index (Phi) is 6.45. The Labute approximate surface area is 77.2 Å². The summed E-state index contributed by atoms with van der Waals surface area (Å²) >= 11 is 0. The summed E-state index contributed by atoms with van der Waals surface area (Å²) in [5.74, 6) is 1.28. The summed E-state index contributed by atoms with van der Waals surface area (Å²) in [6.07, 6.45) is 4.71. The second kappa shape index (κ2) is 6.47. The zero-order valence-corrected chi connectivity index (χ0v) is 9.01. The molecule has 0 bridgehead atoms. The Morgan fingerprint density at radius 3 is 2.08 bits per heavy atom. The maximum atomic E-state index is 9.43. The number of hydrogen-bond acceptors (Lipinski definition) is 1. The first-order chi connectivity index (χ1) is 5.61. The van der Waals surface area contributed by atoms with Crippen molar-refractivity contribution in [2.45, 2.75) is 59.5 Å². The highest BCUT2D eigenvalue weighted by Gasteiger charge is 2.15. The third kappa shape index (κ3) is 4.76. The zero-order chi connectivity index (χ0) is 9.56. The second-order valence-electron chi connectivity index (χ2n) is 4.04. The van der Waals surface area contributed by atoms with E-state index in [1.54, 1.807) is 0 Å². The summed E-state index contributed by atoms with van der Waals surface area (Å²) in [5, 5.41) is 9.43. The van der Waals surface area contributed by atoms with Gasteiger partial charge in [0, 0.05) is 0 Å². The van der Waals surface area contributed by atoms with Crippen LogP contribution in [0.5, 0.6) is 0 Å². The van der Waals surface area contributed by atoms with E-state index in [1.807, 2.05) is 6.92 Å². The highest BCUT2D eigenvalue weighted by Crippen LogP contribution is 2.21. The molecule has 0 aliphatic heterocycles. The van der Waals surface area contributed by atoms with Crippen molar-refractivity contribution >= 4 is 0 Å². The minimum atomic E-state index is -0.130. The maximum Gasteiger partial charge on any atom is 0.0540 e. The number of rotatable bonds is 6. The van der Waals surface area contributed by atoms with Gasteiger partial charge >= 0.3 is 0 Å². The average molecular weight is 172 g/mol. The van der Waals surface area contributed by atoms with Crippen LogP contribution in [0.3, 0.4) is 0 Å². The first kappa shape index (κ1) is 12.0. The van der Waals surface area contributed by atoms with Gasteiger partial charge in [-0.05, 0) is 25.2 Å². The monoisotopic (exact) mass is 172 g/mol. The van der Waals surface area contributed by atoms with Gasteiger partial charge in [0.15, 0.2) is 0 Å². The molecule has 0 radical (unpaired) electrons. The molecule has 0 aromatic rings. The number of hydrogen-bond donors (Lipinski definition) is 1. The third-order valence-corrected chi connectivity index (χ3v) is 2.69. The van der Waals surface area contributed by atoms with E-state index in [0.29, 0.717) is 5.92 Å². The highest BCUT2D eigenvalue weighted by molar-refractivity contribution is 4.66. The Balaban J connectivity index is 3.69. The Morgan fingerprint density at radius 1 is 1.17 bits per heavy atom. The van der Waals surface area contributed by atoms with Crippen LogP contribution in [-0.2, 0) is 0 Å². The molecule has 3 unspecified atom stereocenters. The van der Waals surface area contributed by atoms with E-state index in [2.05, 4.69) is 20.8 Å². The van der Waals surface area contributed by atoms with Gasteiger partial charge in [0.1, 0.15) is 0 Å². The normalized spacial score (nSPS) is 18.8. The molecule has 0 fully saturated rings. The summed E-state index contributed by atoms with van der Waals surface area (Å²) in [6.45, 7) is 8.58. The molecular weight excluding hydrogens is 148 g/mol. The van der Waals surface area contributed by atoms with Crippen LogP contribution in [0.2, 0.25) is 0 Å². The van der Waals surface area contributed by atoms with E-state index in [0.717, 1.165) is 12.3 Å². The SMILES string of the molecule is CCCC(C)CC(CC)C(C)O. The molecule has 74 valence electrons. The Morgan fingerprint density at radius 2 is 1.75 bits per heavy atom. The minimum Gasteiger partial charge on any atom is -0.393 e. The molecule has 0 amide bonds. The molecule has 1 heteroatoms. The fourth-order valence-corrected chi connectivity index (χ4v) is 1.83. The van der Waals surface area contributed by atoms with Gasteiger partial charge in [-0.15, -0.1) is 0 Å². The molecule has 0 aliphatic rings. The minimum absolute atomic E-state index is 0.130. The molecule has 0 aliphatic carbocycles. The number of aliphatic hydroxyl groups is 1. The van der Waals surface area contributed by atoms with Crippen molar-refractivity contribution in [3.05, 3.63) is 0 Å². The first-order valence-electron chi connectivity index (χ1n) is 5.29. The van der Waals surface area contributed by atoms with Gasteiger partial charge in [0.05, 0.1) is 6.10 Å². The molecule has 0 rings (SSSR count). The largest absolute Gasteiger partial charge is 0.393 e. The van der Waals surface area contributed by atoms with Crippen molar-refractivity contribution in [2.24, 2.45) is 11.8 Å². The standard InChI is InChI=1S/C11H24O/c1-5-7-9(3)8-11(6-2)10(4)12/h9-12H,5-8H2,1-4H3. The molecule has 0 saturated carbocycles. The summed E-state index contributed by atoms with van der Waals surface area (Å²) in [5.41, 5.74) is 0. The quantitative estimate of drug-likeness (QED) is 0.652. The van der Waals surface area contributed by atoms with Gasteiger partial charge in [-0.2, -0.15) is 0 Å². The van der Waals surface area contributed by atoms with E-state index < -0.39 is 0 Å². The lowest BCUT2D eigenvalue weighted by Gasteiger charge is -2.21. The fourth-order valence-electron chi connectivity index (χ4n) is 1.83. The van der Waals surface area contributed by atoms with Gasteiger partial charge < -0.3 is 5.11 Å². The molecule has 0 heterocycles. The topological polar surface area (TPSA) is 20.2 Å². The Hall–Kier alpha value is -0.0400. The van der Waals surface area contributed by atoms with Crippen LogP contribution < -0.4 is 0 Å². The molecule has 1 N–H and O–H groups in total. The zero-order valence-electron chi connectivity index (χ0n) is 9.01. The molecule has 12 heavy (non-hydrogen) atoms. The van der Waals surface area contributed by atoms with E-state index >= 15 is 0 Å². The van der Waals surface area contributed by atoms with Gasteiger partial charge in [-0.1, -0.05) is 40.0 Å². The van der Waals surface area contributed by atoms with Crippen LogP contribution in [0.15, 0.2) is 0 Å². The predicted molar refractivity (Wildman–Crippen MR) is 54.2 cm³/mol. The smallest absolute Gasteiger partial charge is 0.0540 e. The van der Waals surface area contributed by atoms with Crippen LogP contribution in [0, 0.1) is 11.8 Å². The molecule has 0 saturated heterocycles. The molecule has 0 aromatic heterocycles. The molecule has 3 atom stereocenters. The second-order valence-corrected chi connectivity index (χ2v) is 4.04. The average Bonchev–Trinajstić information content (AvgIpc) is 2.00. The van der Waals surface area contributed by atoms with Crippen LogP contribution in [0.4, 0.5) is 0 Å². The van der Waals surface area contributed by atoms with Gasteiger partial charge in [-0.25, -0.2) is 0 Å². The number of aliphatic hydroxyl groups excluding tert-OH is 1. The van der Waals surface area contributed by atoms with Crippen molar-refractivity contribution in [1.29, 1.82) is 0 Å².